The van der Waals surface area contributed by atoms with Crippen molar-refractivity contribution in [3.8, 4) is 0 Å². The lowest BCUT2D eigenvalue weighted by Crippen LogP contribution is -2.51. The van der Waals surface area contributed by atoms with Gasteiger partial charge >= 0.3 is 6.09 Å². The lowest BCUT2D eigenvalue weighted by molar-refractivity contribution is -0.131. The van der Waals surface area contributed by atoms with Crippen LogP contribution in [0.3, 0.4) is 0 Å². The molecule has 6 atom stereocenters. The first kappa shape index (κ1) is 24.0. The number of hydrogen-bond acceptors (Lipinski definition) is 4. The number of amides is 2. The van der Waals surface area contributed by atoms with Crippen molar-refractivity contribution in [1.82, 2.24) is 10.6 Å². The van der Waals surface area contributed by atoms with Crippen LogP contribution in [0.2, 0.25) is 0 Å². The molecule has 33 heavy (non-hydrogen) atoms. The Kier molecular flexibility index (Phi) is 6.25. The first-order chi connectivity index (χ1) is 15.4. The molecular formula is C27H40N2O4. The van der Waals surface area contributed by atoms with Crippen LogP contribution in [0.1, 0.15) is 73.1 Å². The van der Waals surface area contributed by atoms with Crippen LogP contribution in [0.5, 0.6) is 0 Å². The first-order valence-electron chi connectivity index (χ1n) is 12.6. The number of hydrogen-bond donors (Lipinski definition) is 2. The molecule has 0 unspecified atom stereocenters. The SMILES string of the molecule is CC(C)(C)OC(=O)NCCNC(=O)[C@H]1CC[C@H]2[C@@H]3CCC4=CC(=O)C=C[C@]4(C)[C@H]3CC[C@]12C. The van der Waals surface area contributed by atoms with Gasteiger partial charge in [0.05, 0.1) is 0 Å². The number of rotatable bonds is 4. The molecule has 0 saturated heterocycles. The fourth-order valence-electron chi connectivity index (χ4n) is 7.42. The normalized spacial score (nSPS) is 37.4. The third-order valence-electron chi connectivity index (χ3n) is 8.97. The van der Waals surface area contributed by atoms with E-state index in [9.17, 15) is 14.4 Å². The average molecular weight is 457 g/mol. The van der Waals surface area contributed by atoms with Gasteiger partial charge in [0.15, 0.2) is 5.78 Å². The van der Waals surface area contributed by atoms with Crippen LogP contribution >= 0.6 is 0 Å². The Morgan fingerprint density at radius 3 is 2.52 bits per heavy atom. The van der Waals surface area contributed by atoms with E-state index in [0.29, 0.717) is 30.8 Å². The second-order valence-electron chi connectivity index (χ2n) is 12.0. The summed E-state index contributed by atoms with van der Waals surface area (Å²) < 4.78 is 5.24. The minimum absolute atomic E-state index is 0.00810. The molecule has 182 valence electrons. The van der Waals surface area contributed by atoms with Gasteiger partial charge in [0.25, 0.3) is 0 Å². The number of ether oxygens (including phenoxy) is 1. The maximum absolute atomic E-state index is 13.2. The molecule has 0 heterocycles. The van der Waals surface area contributed by atoms with E-state index < -0.39 is 11.7 Å². The zero-order valence-corrected chi connectivity index (χ0v) is 20.8. The van der Waals surface area contributed by atoms with E-state index in [4.69, 9.17) is 4.74 Å². The smallest absolute Gasteiger partial charge is 0.407 e. The summed E-state index contributed by atoms with van der Waals surface area (Å²) in [7, 11) is 0. The van der Waals surface area contributed by atoms with E-state index in [1.165, 1.54) is 5.57 Å². The van der Waals surface area contributed by atoms with E-state index in [2.05, 4.69) is 30.6 Å². The zero-order valence-electron chi connectivity index (χ0n) is 20.8. The third kappa shape index (κ3) is 4.50. The highest BCUT2D eigenvalue weighted by Crippen LogP contribution is 2.65. The number of allylic oxidation sites excluding steroid dienone is 4. The van der Waals surface area contributed by atoms with Crippen molar-refractivity contribution in [2.75, 3.05) is 13.1 Å². The number of fused-ring (bicyclic) bond motifs is 5. The highest BCUT2D eigenvalue weighted by atomic mass is 16.6. The van der Waals surface area contributed by atoms with Crippen LogP contribution in [-0.4, -0.2) is 36.5 Å². The van der Waals surface area contributed by atoms with Gasteiger partial charge in [-0.3, -0.25) is 9.59 Å². The molecule has 0 aromatic rings. The highest BCUT2D eigenvalue weighted by Gasteiger charge is 2.59. The van der Waals surface area contributed by atoms with E-state index >= 15 is 0 Å². The number of nitrogens with one attached hydrogen (secondary N) is 2. The van der Waals surface area contributed by atoms with Gasteiger partial charge in [-0.05, 0) is 94.6 Å². The Labute approximate surface area is 198 Å². The van der Waals surface area contributed by atoms with Gasteiger partial charge in [-0.25, -0.2) is 4.79 Å². The van der Waals surface area contributed by atoms with Crippen molar-refractivity contribution >= 4 is 17.8 Å². The maximum atomic E-state index is 13.2. The Bertz CT molecular complexity index is 885. The molecule has 6 nitrogen and oxygen atoms in total. The number of alkyl carbamates (subject to hydrolysis) is 1. The fourth-order valence-corrected chi connectivity index (χ4v) is 7.42. The second-order valence-corrected chi connectivity index (χ2v) is 12.0. The minimum Gasteiger partial charge on any atom is -0.444 e. The Morgan fingerprint density at radius 1 is 1.06 bits per heavy atom. The van der Waals surface area contributed by atoms with Gasteiger partial charge in [-0.1, -0.05) is 25.5 Å². The fraction of sp³-hybridized carbons (Fsp3) is 0.741. The van der Waals surface area contributed by atoms with Crippen LogP contribution in [0.25, 0.3) is 0 Å². The monoisotopic (exact) mass is 456 g/mol. The van der Waals surface area contributed by atoms with Gasteiger partial charge in [0, 0.05) is 24.4 Å². The standard InChI is InChI=1S/C27H40N2O4/c1-25(2,3)33-24(32)29-15-14-28-23(31)22-9-8-20-19-7-6-17-16-18(30)10-12-26(17,4)21(19)11-13-27(20,22)5/h10,12,16,19-22H,6-9,11,13-15H2,1-5H3,(H,28,31)(H,29,32)/t19-,20-,21-,22+,26-,27-/m0/s1. The summed E-state index contributed by atoms with van der Waals surface area (Å²) in [6.07, 6.45) is 11.7. The van der Waals surface area contributed by atoms with Crippen LogP contribution in [0, 0.1) is 34.5 Å². The highest BCUT2D eigenvalue weighted by molar-refractivity contribution is 6.01. The molecule has 0 spiro atoms. The van der Waals surface area contributed by atoms with Gasteiger partial charge < -0.3 is 15.4 Å². The molecule has 0 radical (unpaired) electrons. The van der Waals surface area contributed by atoms with Gasteiger partial charge in [0.2, 0.25) is 5.91 Å². The Morgan fingerprint density at radius 2 is 1.79 bits per heavy atom. The summed E-state index contributed by atoms with van der Waals surface area (Å²) in [5.74, 6) is 1.99. The van der Waals surface area contributed by atoms with Crippen LogP contribution in [0.15, 0.2) is 23.8 Å². The second kappa shape index (κ2) is 8.59. The maximum Gasteiger partial charge on any atom is 0.407 e. The predicted octanol–water partition coefficient (Wildman–Crippen LogP) is 4.55. The largest absolute Gasteiger partial charge is 0.444 e. The Balaban J connectivity index is 1.35. The van der Waals surface area contributed by atoms with E-state index in [1.807, 2.05) is 26.8 Å². The molecule has 0 aromatic carbocycles. The summed E-state index contributed by atoms with van der Waals surface area (Å²) in [4.78, 5) is 36.9. The predicted molar refractivity (Wildman–Crippen MR) is 127 cm³/mol. The van der Waals surface area contributed by atoms with E-state index in [0.717, 1.165) is 38.5 Å². The van der Waals surface area contributed by atoms with Crippen LogP contribution in [0.4, 0.5) is 4.79 Å². The topological polar surface area (TPSA) is 84.5 Å². The van der Waals surface area contributed by atoms with Crippen molar-refractivity contribution < 1.29 is 19.1 Å². The number of carbonyl (C=O) groups excluding carboxylic acids is 3. The van der Waals surface area contributed by atoms with Crippen LogP contribution in [-0.2, 0) is 14.3 Å². The molecule has 0 aromatic heterocycles. The quantitative estimate of drug-likeness (QED) is 0.608. The molecule has 6 heteroatoms. The number of carbonyl (C=O) groups is 3. The van der Waals surface area contributed by atoms with Crippen molar-refractivity contribution in [2.45, 2.75) is 78.7 Å². The minimum atomic E-state index is -0.532. The van der Waals surface area contributed by atoms with Crippen molar-refractivity contribution in [1.29, 1.82) is 0 Å². The zero-order chi connectivity index (χ0) is 24.0. The first-order valence-corrected chi connectivity index (χ1v) is 12.6. The molecule has 4 aliphatic carbocycles. The molecule has 4 aliphatic rings. The lowest BCUT2D eigenvalue weighted by atomic mass is 9.48. The summed E-state index contributed by atoms with van der Waals surface area (Å²) >= 11 is 0. The van der Waals surface area contributed by atoms with Crippen molar-refractivity contribution in [3.63, 3.8) is 0 Å². The van der Waals surface area contributed by atoms with Gasteiger partial charge in [-0.15, -0.1) is 0 Å². The molecule has 4 rings (SSSR count). The summed E-state index contributed by atoms with van der Waals surface area (Å²) in [6.45, 7) is 10.9. The van der Waals surface area contributed by atoms with Crippen LogP contribution < -0.4 is 10.6 Å². The summed E-state index contributed by atoms with van der Waals surface area (Å²) in [5, 5.41) is 5.77. The average Bonchev–Trinajstić information content (AvgIpc) is 3.07. The molecule has 0 aliphatic heterocycles. The van der Waals surface area contributed by atoms with E-state index in [1.54, 1.807) is 6.08 Å². The van der Waals surface area contributed by atoms with Gasteiger partial charge in [-0.2, -0.15) is 0 Å². The van der Waals surface area contributed by atoms with Crippen molar-refractivity contribution in [3.05, 3.63) is 23.8 Å². The number of ketones is 1. The molecular weight excluding hydrogens is 416 g/mol. The van der Waals surface area contributed by atoms with Crippen molar-refractivity contribution in [2.24, 2.45) is 34.5 Å². The lowest BCUT2D eigenvalue weighted by Gasteiger charge is -2.56. The molecule has 0 bridgehead atoms. The molecule has 3 saturated carbocycles. The third-order valence-corrected chi connectivity index (χ3v) is 8.97. The Hall–Kier alpha value is -2.11. The summed E-state index contributed by atoms with van der Waals surface area (Å²) in [5.41, 5.74) is 0.793. The summed E-state index contributed by atoms with van der Waals surface area (Å²) in [6, 6.07) is 0. The molecule has 2 N–H and O–H groups in total. The molecule has 3 fully saturated rings. The molecule has 2 amide bonds. The van der Waals surface area contributed by atoms with E-state index in [-0.39, 0.29) is 28.4 Å². The van der Waals surface area contributed by atoms with Gasteiger partial charge in [0.1, 0.15) is 5.60 Å².